The van der Waals surface area contributed by atoms with Crippen molar-refractivity contribution >= 4 is 21.9 Å². The highest BCUT2D eigenvalue weighted by molar-refractivity contribution is 9.10. The Morgan fingerprint density at radius 1 is 1.11 bits per heavy atom. The molecule has 0 bridgehead atoms. The monoisotopic (exact) mass is 320 g/mol. The maximum Gasteiger partial charge on any atom is 0.349 e. The molecule has 0 saturated heterocycles. The van der Waals surface area contributed by atoms with Gasteiger partial charge in [-0.15, -0.1) is 0 Å². The van der Waals surface area contributed by atoms with E-state index < -0.39 is 5.97 Å². The van der Waals surface area contributed by atoms with Gasteiger partial charge in [0.05, 0.1) is 0 Å². The average molecular weight is 321 g/mol. The predicted molar refractivity (Wildman–Crippen MR) is 76.5 cm³/mol. The third-order valence-corrected chi connectivity index (χ3v) is 3.02. The number of benzene rings is 2. The lowest BCUT2D eigenvalue weighted by molar-refractivity contribution is -0.136. The van der Waals surface area contributed by atoms with E-state index >= 15 is 0 Å². The van der Waals surface area contributed by atoms with Gasteiger partial charge in [0.25, 0.3) is 0 Å². The van der Waals surface area contributed by atoms with Crippen molar-refractivity contribution in [3.63, 3.8) is 0 Å². The van der Waals surface area contributed by atoms with E-state index in [0.29, 0.717) is 11.5 Å². The highest BCUT2D eigenvalue weighted by Crippen LogP contribution is 2.18. The van der Waals surface area contributed by atoms with Gasteiger partial charge in [-0.3, -0.25) is 0 Å². The Bertz CT molecular complexity index is 564. The van der Waals surface area contributed by atoms with Crippen LogP contribution in [0.5, 0.6) is 11.5 Å². The van der Waals surface area contributed by atoms with Crippen LogP contribution >= 0.6 is 15.9 Å². The molecule has 0 aliphatic rings. The van der Waals surface area contributed by atoms with Gasteiger partial charge >= 0.3 is 5.97 Å². The van der Waals surface area contributed by atoms with Crippen LogP contribution in [-0.4, -0.2) is 12.6 Å². The lowest BCUT2D eigenvalue weighted by atomic mass is 10.2. The molecule has 0 unspecified atom stereocenters. The molecule has 2 aromatic carbocycles. The smallest absolute Gasteiger partial charge is 0.349 e. The van der Waals surface area contributed by atoms with Crippen molar-refractivity contribution in [3.05, 3.63) is 58.6 Å². The molecule has 19 heavy (non-hydrogen) atoms. The summed E-state index contributed by atoms with van der Waals surface area (Å²) < 4.78 is 11.5. The van der Waals surface area contributed by atoms with Crippen LogP contribution in [0.25, 0.3) is 0 Å². The van der Waals surface area contributed by atoms with E-state index in [4.69, 9.17) is 9.47 Å². The van der Waals surface area contributed by atoms with Gasteiger partial charge in [-0.05, 0) is 42.8 Å². The van der Waals surface area contributed by atoms with E-state index in [0.717, 1.165) is 10.0 Å². The molecular weight excluding hydrogens is 308 g/mol. The van der Waals surface area contributed by atoms with Crippen LogP contribution in [0, 0.1) is 6.92 Å². The van der Waals surface area contributed by atoms with E-state index in [1.54, 1.807) is 18.2 Å². The molecule has 2 rings (SSSR count). The number of aryl methyl sites for hydroxylation is 1. The fourth-order valence-electron chi connectivity index (χ4n) is 1.50. The predicted octanol–water partition coefficient (Wildman–Crippen LogP) is 3.74. The summed E-state index contributed by atoms with van der Waals surface area (Å²) in [5.74, 6) is 0.772. The molecule has 98 valence electrons. The van der Waals surface area contributed by atoms with Crippen molar-refractivity contribution in [3.8, 4) is 11.5 Å². The molecule has 0 aromatic heterocycles. The maximum absolute atomic E-state index is 11.6. The summed E-state index contributed by atoms with van der Waals surface area (Å²) in [4.78, 5) is 11.6. The Morgan fingerprint density at radius 2 is 1.79 bits per heavy atom. The number of hydrogen-bond acceptors (Lipinski definition) is 3. The summed E-state index contributed by atoms with van der Waals surface area (Å²) in [6, 6.07) is 14.6. The van der Waals surface area contributed by atoms with Crippen molar-refractivity contribution in [2.75, 3.05) is 6.61 Å². The minimum atomic E-state index is -0.419. The summed E-state index contributed by atoms with van der Waals surface area (Å²) in [7, 11) is 0. The van der Waals surface area contributed by atoms with Gasteiger partial charge in [0, 0.05) is 4.47 Å². The number of halogens is 1. The van der Waals surface area contributed by atoms with E-state index in [1.807, 2.05) is 37.3 Å². The van der Waals surface area contributed by atoms with Gasteiger partial charge in [0.15, 0.2) is 6.61 Å². The molecule has 0 aliphatic heterocycles. The van der Waals surface area contributed by atoms with Gasteiger partial charge in [0.2, 0.25) is 0 Å². The molecule has 0 atom stereocenters. The molecule has 0 spiro atoms. The highest BCUT2D eigenvalue weighted by Gasteiger charge is 2.07. The Balaban J connectivity index is 1.88. The fourth-order valence-corrected chi connectivity index (χ4v) is 1.76. The number of para-hydroxylation sites is 1. The third kappa shape index (κ3) is 4.10. The van der Waals surface area contributed by atoms with Crippen molar-refractivity contribution in [1.82, 2.24) is 0 Å². The number of ether oxygens (including phenoxy) is 2. The van der Waals surface area contributed by atoms with E-state index in [2.05, 4.69) is 15.9 Å². The van der Waals surface area contributed by atoms with Gasteiger partial charge in [-0.2, -0.15) is 0 Å². The molecule has 0 fully saturated rings. The van der Waals surface area contributed by atoms with Crippen LogP contribution in [0.4, 0.5) is 0 Å². The topological polar surface area (TPSA) is 35.5 Å². The summed E-state index contributed by atoms with van der Waals surface area (Å²) in [5.41, 5.74) is 0.916. The van der Waals surface area contributed by atoms with Crippen molar-refractivity contribution in [2.24, 2.45) is 0 Å². The Labute approximate surface area is 120 Å². The molecule has 0 radical (unpaired) electrons. The molecule has 4 heteroatoms. The minimum Gasteiger partial charge on any atom is -0.482 e. The second-order valence-corrected chi connectivity index (χ2v) is 4.90. The molecule has 0 N–H and O–H groups in total. The first-order chi connectivity index (χ1) is 9.15. The van der Waals surface area contributed by atoms with Gasteiger partial charge < -0.3 is 9.47 Å². The van der Waals surface area contributed by atoms with Crippen LogP contribution in [-0.2, 0) is 4.79 Å². The average Bonchev–Trinajstić information content (AvgIpc) is 2.41. The van der Waals surface area contributed by atoms with E-state index in [-0.39, 0.29) is 6.61 Å². The Hall–Kier alpha value is -1.81. The maximum atomic E-state index is 11.6. The summed E-state index contributed by atoms with van der Waals surface area (Å²) in [6.07, 6.45) is 0. The molecule has 0 saturated carbocycles. The SMILES string of the molecule is Cc1ccccc1OC(=O)COc1ccc(Br)cc1. The van der Waals surface area contributed by atoms with E-state index in [9.17, 15) is 4.79 Å². The van der Waals surface area contributed by atoms with E-state index in [1.165, 1.54) is 0 Å². The second-order valence-electron chi connectivity index (χ2n) is 3.98. The molecule has 3 nitrogen and oxygen atoms in total. The number of esters is 1. The number of carbonyl (C=O) groups excluding carboxylic acids is 1. The first-order valence-electron chi connectivity index (χ1n) is 5.80. The number of carbonyl (C=O) groups is 1. The molecular formula is C15H13BrO3. The van der Waals surface area contributed by atoms with Gasteiger partial charge in [-0.1, -0.05) is 34.1 Å². The lowest BCUT2D eigenvalue weighted by Crippen LogP contribution is -2.18. The Morgan fingerprint density at radius 3 is 2.47 bits per heavy atom. The third-order valence-electron chi connectivity index (χ3n) is 2.49. The number of rotatable bonds is 4. The van der Waals surface area contributed by atoms with Crippen molar-refractivity contribution in [2.45, 2.75) is 6.92 Å². The Kier molecular flexibility index (Phi) is 4.58. The van der Waals surface area contributed by atoms with Crippen molar-refractivity contribution < 1.29 is 14.3 Å². The van der Waals surface area contributed by atoms with Crippen LogP contribution in [0.2, 0.25) is 0 Å². The molecule has 0 amide bonds. The normalized spacial score (nSPS) is 10.0. The zero-order chi connectivity index (χ0) is 13.7. The van der Waals surface area contributed by atoms with Crippen molar-refractivity contribution in [1.29, 1.82) is 0 Å². The lowest BCUT2D eigenvalue weighted by Gasteiger charge is -2.08. The van der Waals surface area contributed by atoms with Crippen LogP contribution in [0.15, 0.2) is 53.0 Å². The fraction of sp³-hybridized carbons (Fsp3) is 0.133. The standard InChI is InChI=1S/C15H13BrO3/c1-11-4-2-3-5-14(11)19-15(17)10-18-13-8-6-12(16)7-9-13/h2-9H,10H2,1H3. The quantitative estimate of drug-likeness (QED) is 0.636. The zero-order valence-corrected chi connectivity index (χ0v) is 12.0. The summed E-state index contributed by atoms with van der Waals surface area (Å²) in [5, 5.41) is 0. The van der Waals surface area contributed by atoms with Crippen LogP contribution < -0.4 is 9.47 Å². The zero-order valence-electron chi connectivity index (χ0n) is 10.4. The molecule has 0 aliphatic carbocycles. The largest absolute Gasteiger partial charge is 0.482 e. The summed E-state index contributed by atoms with van der Waals surface area (Å²) >= 11 is 3.33. The van der Waals surface area contributed by atoms with Crippen LogP contribution in [0.1, 0.15) is 5.56 Å². The second kappa shape index (κ2) is 6.38. The first kappa shape index (κ1) is 13.6. The highest BCUT2D eigenvalue weighted by atomic mass is 79.9. The minimum absolute atomic E-state index is 0.115. The first-order valence-corrected chi connectivity index (χ1v) is 6.59. The van der Waals surface area contributed by atoms with Gasteiger partial charge in [0.1, 0.15) is 11.5 Å². The van der Waals surface area contributed by atoms with Gasteiger partial charge in [-0.25, -0.2) is 4.79 Å². The molecule has 0 heterocycles. The summed E-state index contributed by atoms with van der Waals surface area (Å²) in [6.45, 7) is 1.77. The molecule has 2 aromatic rings. The number of hydrogen-bond donors (Lipinski definition) is 0. The van der Waals surface area contributed by atoms with Crippen LogP contribution in [0.3, 0.4) is 0 Å².